The number of carbonyl (C=O) groups is 1. The van der Waals surface area contributed by atoms with Gasteiger partial charge >= 0.3 is 5.97 Å². The minimum atomic E-state index is -0.793. The molecule has 0 aliphatic rings. The van der Waals surface area contributed by atoms with Crippen molar-refractivity contribution in [2.75, 3.05) is 5.32 Å². The predicted molar refractivity (Wildman–Crippen MR) is 113 cm³/mol. The third-order valence-corrected chi connectivity index (χ3v) is 5.10. The highest BCUT2D eigenvalue weighted by atomic mass is 16.4. The predicted octanol–water partition coefficient (Wildman–Crippen LogP) is 5.31. The number of carboxylic acid groups (broad SMARTS) is 1. The van der Waals surface area contributed by atoms with Gasteiger partial charge in [0, 0.05) is 11.4 Å². The van der Waals surface area contributed by atoms with Crippen molar-refractivity contribution in [1.82, 2.24) is 9.97 Å². The maximum atomic E-state index is 11.2. The molecule has 5 heteroatoms. The molecule has 3 rings (SSSR count). The van der Waals surface area contributed by atoms with E-state index in [4.69, 9.17) is 0 Å². The largest absolute Gasteiger partial charge is 0.481 e. The van der Waals surface area contributed by atoms with Crippen molar-refractivity contribution in [2.24, 2.45) is 0 Å². The summed E-state index contributed by atoms with van der Waals surface area (Å²) >= 11 is 0. The van der Waals surface area contributed by atoms with E-state index in [0.717, 1.165) is 27.8 Å². The Hall–Kier alpha value is -2.95. The fraction of sp³-hybridized carbons (Fsp3) is 0.348. The van der Waals surface area contributed by atoms with Crippen LogP contribution in [0, 0.1) is 20.8 Å². The van der Waals surface area contributed by atoms with Crippen LogP contribution >= 0.6 is 0 Å². The molecule has 0 saturated carbocycles. The summed E-state index contributed by atoms with van der Waals surface area (Å²) in [6.07, 6.45) is 0.0987. The SMILES string of the molecule is Cc1cccc([C@@H](C)Nc2nc(C)nc3cc(C)c(C(C)CC(=O)O)cc23)c1. The van der Waals surface area contributed by atoms with Gasteiger partial charge in [0.25, 0.3) is 0 Å². The van der Waals surface area contributed by atoms with Crippen LogP contribution in [0.1, 0.15) is 60.3 Å². The monoisotopic (exact) mass is 377 g/mol. The summed E-state index contributed by atoms with van der Waals surface area (Å²) in [5, 5.41) is 13.6. The molecule has 2 atom stereocenters. The summed E-state index contributed by atoms with van der Waals surface area (Å²) < 4.78 is 0. The molecule has 0 radical (unpaired) electrons. The Balaban J connectivity index is 2.04. The molecule has 0 amide bonds. The van der Waals surface area contributed by atoms with E-state index in [1.165, 1.54) is 11.1 Å². The lowest BCUT2D eigenvalue weighted by molar-refractivity contribution is -0.137. The highest BCUT2D eigenvalue weighted by Gasteiger charge is 2.17. The van der Waals surface area contributed by atoms with Gasteiger partial charge in [0.15, 0.2) is 0 Å². The van der Waals surface area contributed by atoms with Gasteiger partial charge in [-0.05, 0) is 62.4 Å². The Kier molecular flexibility index (Phi) is 5.63. The minimum Gasteiger partial charge on any atom is -0.481 e. The number of anilines is 1. The van der Waals surface area contributed by atoms with Gasteiger partial charge in [-0.25, -0.2) is 9.97 Å². The van der Waals surface area contributed by atoms with Crippen molar-refractivity contribution in [3.8, 4) is 0 Å². The van der Waals surface area contributed by atoms with Gasteiger partial charge in [-0.3, -0.25) is 4.79 Å². The van der Waals surface area contributed by atoms with Crippen LogP contribution < -0.4 is 5.32 Å². The Morgan fingerprint density at radius 2 is 1.86 bits per heavy atom. The molecule has 5 nitrogen and oxygen atoms in total. The topological polar surface area (TPSA) is 75.1 Å². The smallest absolute Gasteiger partial charge is 0.303 e. The number of rotatable bonds is 6. The van der Waals surface area contributed by atoms with Crippen LogP contribution in [0.4, 0.5) is 5.82 Å². The highest BCUT2D eigenvalue weighted by Crippen LogP contribution is 2.31. The van der Waals surface area contributed by atoms with Gasteiger partial charge in [0.2, 0.25) is 0 Å². The third kappa shape index (κ3) is 4.30. The number of aryl methyl sites for hydroxylation is 3. The van der Waals surface area contributed by atoms with E-state index in [0.29, 0.717) is 5.82 Å². The molecule has 1 aromatic heterocycles. The number of aromatic nitrogens is 2. The lowest BCUT2D eigenvalue weighted by Crippen LogP contribution is -2.10. The average Bonchev–Trinajstić information content (AvgIpc) is 2.60. The van der Waals surface area contributed by atoms with E-state index in [9.17, 15) is 9.90 Å². The third-order valence-electron chi connectivity index (χ3n) is 5.10. The molecular weight excluding hydrogens is 350 g/mol. The first kappa shape index (κ1) is 19.8. The normalized spacial score (nSPS) is 13.3. The molecule has 0 fully saturated rings. The summed E-state index contributed by atoms with van der Waals surface area (Å²) in [5.41, 5.74) is 5.35. The van der Waals surface area contributed by atoms with Crippen LogP contribution in [-0.2, 0) is 4.79 Å². The Morgan fingerprint density at radius 1 is 1.11 bits per heavy atom. The zero-order valence-corrected chi connectivity index (χ0v) is 17.1. The van der Waals surface area contributed by atoms with Crippen molar-refractivity contribution >= 4 is 22.7 Å². The van der Waals surface area contributed by atoms with Gasteiger partial charge < -0.3 is 10.4 Å². The van der Waals surface area contributed by atoms with Gasteiger partial charge in [0.05, 0.1) is 11.9 Å². The second-order valence-electron chi connectivity index (χ2n) is 7.62. The van der Waals surface area contributed by atoms with E-state index >= 15 is 0 Å². The maximum absolute atomic E-state index is 11.2. The second-order valence-corrected chi connectivity index (χ2v) is 7.62. The molecule has 0 aliphatic heterocycles. The molecule has 2 aromatic carbocycles. The number of hydrogen-bond acceptors (Lipinski definition) is 4. The summed E-state index contributed by atoms with van der Waals surface area (Å²) in [4.78, 5) is 20.4. The van der Waals surface area contributed by atoms with Gasteiger partial charge in [0.1, 0.15) is 11.6 Å². The highest BCUT2D eigenvalue weighted by molar-refractivity contribution is 5.90. The van der Waals surface area contributed by atoms with Crippen molar-refractivity contribution in [3.63, 3.8) is 0 Å². The molecule has 2 N–H and O–H groups in total. The Morgan fingerprint density at radius 3 is 2.54 bits per heavy atom. The average molecular weight is 377 g/mol. The van der Waals surface area contributed by atoms with Gasteiger partial charge in [-0.1, -0.05) is 36.8 Å². The molecule has 0 saturated heterocycles. The van der Waals surface area contributed by atoms with Crippen LogP contribution in [0.3, 0.4) is 0 Å². The number of nitrogens with zero attached hydrogens (tertiary/aromatic N) is 2. The number of fused-ring (bicyclic) bond motifs is 1. The van der Waals surface area contributed by atoms with Crippen LogP contribution in [0.25, 0.3) is 10.9 Å². The molecule has 0 bridgehead atoms. The fourth-order valence-corrected chi connectivity index (χ4v) is 3.65. The van der Waals surface area contributed by atoms with Crippen LogP contribution in [-0.4, -0.2) is 21.0 Å². The summed E-state index contributed by atoms with van der Waals surface area (Å²) in [7, 11) is 0. The van der Waals surface area contributed by atoms with E-state index in [-0.39, 0.29) is 18.4 Å². The van der Waals surface area contributed by atoms with E-state index in [2.05, 4.69) is 53.4 Å². The first-order chi connectivity index (χ1) is 13.2. The minimum absolute atomic E-state index is 0.0785. The van der Waals surface area contributed by atoms with E-state index < -0.39 is 5.97 Å². The van der Waals surface area contributed by atoms with Crippen molar-refractivity contribution in [3.05, 3.63) is 64.5 Å². The number of aliphatic carboxylic acids is 1. The van der Waals surface area contributed by atoms with E-state index in [1.807, 2.05) is 32.9 Å². The molecule has 1 heterocycles. The quantitative estimate of drug-likeness (QED) is 0.609. The molecule has 1 unspecified atom stereocenters. The zero-order chi connectivity index (χ0) is 20.4. The lowest BCUT2D eigenvalue weighted by Gasteiger charge is -2.19. The first-order valence-electron chi connectivity index (χ1n) is 9.58. The van der Waals surface area contributed by atoms with Crippen LogP contribution in [0.15, 0.2) is 36.4 Å². The van der Waals surface area contributed by atoms with Crippen molar-refractivity contribution < 1.29 is 9.90 Å². The van der Waals surface area contributed by atoms with Crippen LogP contribution in [0.2, 0.25) is 0 Å². The number of hydrogen-bond donors (Lipinski definition) is 2. The second kappa shape index (κ2) is 7.97. The molecular formula is C23H27N3O2. The summed E-state index contributed by atoms with van der Waals surface area (Å²) in [6.45, 7) is 10.0. The first-order valence-corrected chi connectivity index (χ1v) is 9.58. The number of benzene rings is 2. The molecule has 0 spiro atoms. The Bertz CT molecular complexity index is 1030. The molecule has 28 heavy (non-hydrogen) atoms. The number of nitrogens with one attached hydrogen (secondary N) is 1. The molecule has 0 aliphatic carbocycles. The zero-order valence-electron chi connectivity index (χ0n) is 17.1. The number of carboxylic acids is 1. The molecule has 146 valence electrons. The fourth-order valence-electron chi connectivity index (χ4n) is 3.65. The van der Waals surface area contributed by atoms with Gasteiger partial charge in [-0.15, -0.1) is 0 Å². The Labute approximate surface area is 165 Å². The van der Waals surface area contributed by atoms with Crippen molar-refractivity contribution in [2.45, 2.75) is 53.0 Å². The van der Waals surface area contributed by atoms with E-state index in [1.54, 1.807) is 0 Å². The summed E-state index contributed by atoms with van der Waals surface area (Å²) in [5.74, 6) is 0.612. The lowest BCUT2D eigenvalue weighted by atomic mass is 9.92. The van der Waals surface area contributed by atoms with Crippen LogP contribution in [0.5, 0.6) is 0 Å². The standard InChI is InChI=1S/C23H27N3O2/c1-13-7-6-8-18(9-13)16(4)24-23-20-12-19(15(3)11-22(27)28)14(2)10-21(20)25-17(5)26-23/h6-10,12,15-16H,11H2,1-5H3,(H,27,28)(H,24,25,26)/t15?,16-/m1/s1. The summed E-state index contributed by atoms with van der Waals surface area (Å²) in [6, 6.07) is 12.6. The maximum Gasteiger partial charge on any atom is 0.303 e. The van der Waals surface area contributed by atoms with Crippen molar-refractivity contribution in [1.29, 1.82) is 0 Å². The molecule has 3 aromatic rings. The van der Waals surface area contributed by atoms with Gasteiger partial charge in [-0.2, -0.15) is 0 Å².